The molecular weight excluding hydrogens is 344 g/mol. The Labute approximate surface area is 128 Å². The molecule has 1 saturated carbocycles. The first kappa shape index (κ1) is 15.4. The maximum Gasteiger partial charge on any atom is 0.306 e. The summed E-state index contributed by atoms with van der Waals surface area (Å²) in [4.78, 5) is 33.2. The second kappa shape index (κ2) is 6.21. The van der Waals surface area contributed by atoms with Crippen LogP contribution in [-0.2, 0) is 9.59 Å². The molecule has 1 aliphatic carbocycles. The van der Waals surface area contributed by atoms with Crippen molar-refractivity contribution in [1.82, 2.24) is 0 Å². The standard InChI is InChI=1S/C13H13BrN2O5/c14-10-4-3-9(16(20)21)6-11(10)15-12(17)7-1-2-8(5-7)13(18)19/h3-4,6-8H,1-2,5H2,(H,15,17)(H,18,19)/t7-,8+/m1/s1. The van der Waals surface area contributed by atoms with Crippen LogP contribution in [0, 0.1) is 22.0 Å². The molecule has 0 unspecified atom stereocenters. The van der Waals surface area contributed by atoms with E-state index in [2.05, 4.69) is 21.2 Å². The fourth-order valence-electron chi connectivity index (χ4n) is 2.40. The third-order valence-electron chi connectivity index (χ3n) is 3.57. The van der Waals surface area contributed by atoms with Gasteiger partial charge in [-0.1, -0.05) is 0 Å². The van der Waals surface area contributed by atoms with E-state index < -0.39 is 16.8 Å². The number of carboxylic acid groups (broad SMARTS) is 1. The molecule has 7 nitrogen and oxygen atoms in total. The number of carbonyl (C=O) groups is 2. The lowest BCUT2D eigenvalue weighted by atomic mass is 10.0. The predicted molar refractivity (Wildman–Crippen MR) is 77.9 cm³/mol. The lowest BCUT2D eigenvalue weighted by molar-refractivity contribution is -0.384. The molecule has 112 valence electrons. The van der Waals surface area contributed by atoms with Crippen molar-refractivity contribution < 1.29 is 19.6 Å². The Morgan fingerprint density at radius 1 is 1.33 bits per heavy atom. The van der Waals surface area contributed by atoms with Gasteiger partial charge in [0.05, 0.1) is 16.5 Å². The average molecular weight is 357 g/mol. The molecular formula is C13H13BrN2O5. The number of rotatable bonds is 4. The van der Waals surface area contributed by atoms with Crippen molar-refractivity contribution in [2.24, 2.45) is 11.8 Å². The van der Waals surface area contributed by atoms with E-state index in [-0.39, 0.29) is 17.5 Å². The third kappa shape index (κ3) is 3.57. The maximum absolute atomic E-state index is 12.1. The highest BCUT2D eigenvalue weighted by Crippen LogP contribution is 2.33. The number of nitro benzene ring substituents is 1. The molecule has 1 fully saturated rings. The van der Waals surface area contributed by atoms with Gasteiger partial charge in [-0.3, -0.25) is 19.7 Å². The maximum atomic E-state index is 12.1. The number of amides is 1. The van der Waals surface area contributed by atoms with Crippen LogP contribution < -0.4 is 5.32 Å². The molecule has 8 heteroatoms. The Kier molecular flexibility index (Phi) is 4.56. The van der Waals surface area contributed by atoms with Crippen LogP contribution in [0.25, 0.3) is 0 Å². The van der Waals surface area contributed by atoms with Crippen LogP contribution in [-0.4, -0.2) is 21.9 Å². The number of non-ortho nitro benzene ring substituents is 1. The number of hydrogen-bond donors (Lipinski definition) is 2. The Hall–Kier alpha value is -1.96. The number of nitro groups is 1. The van der Waals surface area contributed by atoms with Gasteiger partial charge in [0.25, 0.3) is 5.69 Å². The van der Waals surface area contributed by atoms with E-state index in [1.165, 1.54) is 18.2 Å². The van der Waals surface area contributed by atoms with Crippen LogP contribution in [0.3, 0.4) is 0 Å². The van der Waals surface area contributed by atoms with Gasteiger partial charge in [-0.05, 0) is 41.3 Å². The average Bonchev–Trinajstić information content (AvgIpc) is 2.90. The fourth-order valence-corrected chi connectivity index (χ4v) is 2.75. The van der Waals surface area contributed by atoms with Crippen molar-refractivity contribution in [1.29, 1.82) is 0 Å². The molecule has 1 aromatic rings. The molecule has 2 N–H and O–H groups in total. The van der Waals surface area contributed by atoms with Crippen LogP contribution in [0.1, 0.15) is 19.3 Å². The summed E-state index contributed by atoms with van der Waals surface area (Å²) in [5, 5.41) is 22.3. The smallest absolute Gasteiger partial charge is 0.306 e. The highest BCUT2D eigenvalue weighted by molar-refractivity contribution is 9.10. The summed E-state index contributed by atoms with van der Waals surface area (Å²) < 4.78 is 0.536. The van der Waals surface area contributed by atoms with Crippen LogP contribution in [0.4, 0.5) is 11.4 Å². The van der Waals surface area contributed by atoms with E-state index in [4.69, 9.17) is 5.11 Å². The van der Waals surface area contributed by atoms with E-state index >= 15 is 0 Å². The Morgan fingerprint density at radius 2 is 2.00 bits per heavy atom. The molecule has 0 radical (unpaired) electrons. The molecule has 21 heavy (non-hydrogen) atoms. The van der Waals surface area contributed by atoms with Gasteiger partial charge >= 0.3 is 5.97 Å². The normalized spacial score (nSPS) is 21.0. The summed E-state index contributed by atoms with van der Waals surface area (Å²) >= 11 is 3.22. The topological polar surface area (TPSA) is 110 Å². The van der Waals surface area contributed by atoms with Gasteiger partial charge in [0.1, 0.15) is 0 Å². The van der Waals surface area contributed by atoms with Gasteiger partial charge in [-0.15, -0.1) is 0 Å². The van der Waals surface area contributed by atoms with E-state index in [1.807, 2.05) is 0 Å². The van der Waals surface area contributed by atoms with Gasteiger partial charge in [0, 0.05) is 22.5 Å². The fraction of sp³-hybridized carbons (Fsp3) is 0.385. The Bertz CT molecular complexity index is 604. The molecule has 2 atom stereocenters. The predicted octanol–water partition coefficient (Wildman–Crippen LogP) is 2.80. The number of carbonyl (C=O) groups excluding carboxylic acids is 1. The summed E-state index contributed by atoms with van der Waals surface area (Å²) in [5.74, 6) is -2.06. The summed E-state index contributed by atoms with van der Waals surface area (Å²) in [5.41, 5.74) is 0.191. The molecule has 0 bridgehead atoms. The van der Waals surface area contributed by atoms with E-state index in [1.54, 1.807) is 0 Å². The Morgan fingerprint density at radius 3 is 2.57 bits per heavy atom. The van der Waals surface area contributed by atoms with Crippen molar-refractivity contribution in [2.45, 2.75) is 19.3 Å². The molecule has 0 heterocycles. The van der Waals surface area contributed by atoms with E-state index in [9.17, 15) is 19.7 Å². The zero-order valence-corrected chi connectivity index (χ0v) is 12.5. The van der Waals surface area contributed by atoms with E-state index in [0.29, 0.717) is 29.4 Å². The monoisotopic (exact) mass is 356 g/mol. The quantitative estimate of drug-likeness (QED) is 0.636. The van der Waals surface area contributed by atoms with Gasteiger partial charge < -0.3 is 10.4 Å². The highest BCUT2D eigenvalue weighted by Gasteiger charge is 2.34. The summed E-state index contributed by atoms with van der Waals surface area (Å²) in [6.07, 6.45) is 1.28. The van der Waals surface area contributed by atoms with E-state index in [0.717, 1.165) is 0 Å². The minimum absolute atomic E-state index is 0.122. The van der Waals surface area contributed by atoms with Crippen molar-refractivity contribution in [3.05, 3.63) is 32.8 Å². The summed E-state index contributed by atoms with van der Waals surface area (Å²) in [6, 6.07) is 4.09. The number of nitrogens with one attached hydrogen (secondary N) is 1. The lowest BCUT2D eigenvalue weighted by Crippen LogP contribution is -2.22. The zero-order valence-electron chi connectivity index (χ0n) is 10.9. The van der Waals surface area contributed by atoms with Crippen LogP contribution in [0.5, 0.6) is 0 Å². The Balaban J connectivity index is 2.08. The van der Waals surface area contributed by atoms with Gasteiger partial charge in [0.2, 0.25) is 5.91 Å². The molecule has 1 aromatic carbocycles. The number of anilines is 1. The number of benzene rings is 1. The van der Waals surface area contributed by atoms with Crippen molar-refractivity contribution in [3.8, 4) is 0 Å². The molecule has 0 saturated heterocycles. The van der Waals surface area contributed by atoms with Gasteiger partial charge in [-0.25, -0.2) is 0 Å². The number of hydrogen-bond acceptors (Lipinski definition) is 4. The summed E-state index contributed by atoms with van der Waals surface area (Å²) in [6.45, 7) is 0. The number of halogens is 1. The molecule has 1 amide bonds. The molecule has 2 rings (SSSR count). The minimum Gasteiger partial charge on any atom is -0.481 e. The molecule has 0 spiro atoms. The molecule has 0 aromatic heterocycles. The largest absolute Gasteiger partial charge is 0.481 e. The first-order valence-electron chi connectivity index (χ1n) is 6.36. The number of nitrogens with zero attached hydrogens (tertiary/aromatic N) is 1. The first-order valence-corrected chi connectivity index (χ1v) is 7.15. The zero-order chi connectivity index (χ0) is 15.6. The second-order valence-electron chi connectivity index (χ2n) is 4.96. The first-order chi connectivity index (χ1) is 9.88. The number of aliphatic carboxylic acids is 1. The highest BCUT2D eigenvalue weighted by atomic mass is 79.9. The summed E-state index contributed by atoms with van der Waals surface area (Å²) in [7, 11) is 0. The van der Waals surface area contributed by atoms with Gasteiger partial charge in [-0.2, -0.15) is 0 Å². The van der Waals surface area contributed by atoms with Crippen molar-refractivity contribution in [3.63, 3.8) is 0 Å². The van der Waals surface area contributed by atoms with Crippen LogP contribution in [0.15, 0.2) is 22.7 Å². The molecule has 1 aliphatic rings. The van der Waals surface area contributed by atoms with Crippen LogP contribution >= 0.6 is 15.9 Å². The van der Waals surface area contributed by atoms with Crippen LogP contribution in [0.2, 0.25) is 0 Å². The van der Waals surface area contributed by atoms with Crippen molar-refractivity contribution in [2.75, 3.05) is 5.32 Å². The molecule has 0 aliphatic heterocycles. The van der Waals surface area contributed by atoms with Crippen molar-refractivity contribution >= 4 is 39.2 Å². The number of carboxylic acids is 1. The lowest BCUT2D eigenvalue weighted by Gasteiger charge is -2.12. The third-order valence-corrected chi connectivity index (χ3v) is 4.26. The minimum atomic E-state index is -0.887. The van der Waals surface area contributed by atoms with Gasteiger partial charge in [0.15, 0.2) is 0 Å². The SMILES string of the molecule is O=C(O)[C@H]1CC[C@@H](C(=O)Nc2cc([N+](=O)[O-])ccc2Br)C1. The second-order valence-corrected chi connectivity index (χ2v) is 5.81.